The Kier molecular flexibility index (Phi) is 4.36. The lowest BCUT2D eigenvalue weighted by molar-refractivity contribution is -0.386. The average Bonchev–Trinajstić information content (AvgIpc) is 3.21. The molecule has 12 heteroatoms. The molecule has 0 fully saturated rings. The molecule has 3 aromatic heterocycles. The van der Waals surface area contributed by atoms with E-state index in [1.807, 2.05) is 0 Å². The second kappa shape index (κ2) is 6.37. The highest BCUT2D eigenvalue weighted by Crippen LogP contribution is 2.34. The van der Waals surface area contributed by atoms with E-state index in [2.05, 4.69) is 15.1 Å². The zero-order valence-electron chi connectivity index (χ0n) is 13.3. The first-order valence-corrected chi connectivity index (χ1v) is 7.89. The van der Waals surface area contributed by atoms with Crippen molar-refractivity contribution < 1.29 is 22.8 Å². The summed E-state index contributed by atoms with van der Waals surface area (Å²) in [6, 6.07) is 4.10. The molecule has 0 aromatic carbocycles. The Bertz CT molecular complexity index is 969. The zero-order valence-corrected chi connectivity index (χ0v) is 14.1. The van der Waals surface area contributed by atoms with Crippen LogP contribution in [-0.4, -0.2) is 31.8 Å². The average molecular weight is 385 g/mol. The summed E-state index contributed by atoms with van der Waals surface area (Å²) in [5.74, 6) is -0.779. The molecule has 0 radical (unpaired) electrons. The highest BCUT2D eigenvalue weighted by molar-refractivity contribution is 7.13. The highest BCUT2D eigenvalue weighted by atomic mass is 32.1. The third-order valence-corrected chi connectivity index (χ3v) is 4.29. The van der Waals surface area contributed by atoms with Crippen LogP contribution in [0.2, 0.25) is 0 Å². The van der Waals surface area contributed by atoms with Crippen LogP contribution in [-0.2, 0) is 6.18 Å². The number of methoxy groups -OCH3 is 1. The molecule has 0 saturated carbocycles. The fraction of sp³-hybridized carbons (Fsp3) is 0.214. The minimum absolute atomic E-state index is 0.0360. The molecule has 0 spiro atoms. The van der Waals surface area contributed by atoms with Crippen molar-refractivity contribution in [1.29, 1.82) is 0 Å². The SMILES string of the molecule is COc1nn(-c2nc(-c3cccs3)cc(C(F)(F)F)n2)c(C)c1[N+](=O)[O-]. The smallest absolute Gasteiger partial charge is 0.433 e. The van der Waals surface area contributed by atoms with Crippen LogP contribution in [0.4, 0.5) is 18.9 Å². The number of hydrogen-bond acceptors (Lipinski definition) is 7. The molecule has 0 amide bonds. The van der Waals surface area contributed by atoms with Crippen LogP contribution in [0.25, 0.3) is 16.5 Å². The predicted octanol–water partition coefficient (Wildman–Crippen LogP) is 3.63. The number of hydrogen-bond donors (Lipinski definition) is 0. The van der Waals surface area contributed by atoms with Crippen LogP contribution in [0.3, 0.4) is 0 Å². The second-order valence-electron chi connectivity index (χ2n) is 5.03. The monoisotopic (exact) mass is 385 g/mol. The maximum atomic E-state index is 13.2. The number of aromatic nitrogens is 4. The molecular weight excluding hydrogens is 375 g/mol. The van der Waals surface area contributed by atoms with Crippen molar-refractivity contribution in [1.82, 2.24) is 19.7 Å². The lowest BCUT2D eigenvalue weighted by Crippen LogP contribution is -2.14. The van der Waals surface area contributed by atoms with Crippen LogP contribution in [0.5, 0.6) is 5.88 Å². The molecule has 3 aromatic rings. The minimum Gasteiger partial charge on any atom is -0.475 e. The van der Waals surface area contributed by atoms with Crippen LogP contribution >= 0.6 is 11.3 Å². The summed E-state index contributed by atoms with van der Waals surface area (Å²) in [6.07, 6.45) is -4.72. The van der Waals surface area contributed by atoms with E-state index in [-0.39, 0.29) is 17.3 Å². The molecule has 0 aliphatic heterocycles. The molecule has 0 unspecified atom stereocenters. The number of thiophene rings is 1. The number of rotatable bonds is 4. The van der Waals surface area contributed by atoms with Gasteiger partial charge in [0.2, 0.25) is 0 Å². The molecule has 3 heterocycles. The molecule has 0 aliphatic rings. The first kappa shape index (κ1) is 17.8. The van der Waals surface area contributed by atoms with Gasteiger partial charge in [-0.1, -0.05) is 6.07 Å². The van der Waals surface area contributed by atoms with Gasteiger partial charge in [-0.05, 0) is 24.4 Å². The first-order chi connectivity index (χ1) is 12.2. The van der Waals surface area contributed by atoms with Crippen molar-refractivity contribution in [3.63, 3.8) is 0 Å². The van der Waals surface area contributed by atoms with Gasteiger partial charge in [0.05, 0.1) is 22.6 Å². The lowest BCUT2D eigenvalue weighted by atomic mass is 10.2. The van der Waals surface area contributed by atoms with Gasteiger partial charge in [-0.15, -0.1) is 16.4 Å². The van der Waals surface area contributed by atoms with E-state index in [4.69, 9.17) is 4.74 Å². The number of alkyl halides is 3. The third-order valence-electron chi connectivity index (χ3n) is 3.40. The molecule has 3 rings (SSSR count). The molecule has 0 atom stereocenters. The van der Waals surface area contributed by atoms with Gasteiger partial charge < -0.3 is 4.74 Å². The van der Waals surface area contributed by atoms with Crippen molar-refractivity contribution >= 4 is 17.0 Å². The summed E-state index contributed by atoms with van der Waals surface area (Å²) in [5.41, 5.74) is -1.66. The molecule has 0 saturated heterocycles. The predicted molar refractivity (Wildman–Crippen MR) is 85.4 cm³/mol. The van der Waals surface area contributed by atoms with E-state index < -0.39 is 28.4 Å². The molecular formula is C14H10F3N5O3S. The summed E-state index contributed by atoms with van der Waals surface area (Å²) in [7, 11) is 1.17. The summed E-state index contributed by atoms with van der Waals surface area (Å²) >= 11 is 1.20. The van der Waals surface area contributed by atoms with Crippen LogP contribution in [0.15, 0.2) is 23.6 Å². The number of halogens is 3. The Labute approximate surface area is 148 Å². The molecule has 0 aliphatic carbocycles. The number of ether oxygens (including phenoxy) is 1. The number of nitrogens with zero attached hydrogens (tertiary/aromatic N) is 5. The topological polar surface area (TPSA) is 96.0 Å². The van der Waals surface area contributed by atoms with Crippen molar-refractivity contribution in [2.75, 3.05) is 7.11 Å². The molecule has 136 valence electrons. The molecule has 0 N–H and O–H groups in total. The summed E-state index contributed by atoms with van der Waals surface area (Å²) in [5, 5.41) is 16.7. The maximum Gasteiger partial charge on any atom is 0.433 e. The van der Waals surface area contributed by atoms with Crippen molar-refractivity contribution in [3.8, 4) is 22.4 Å². The van der Waals surface area contributed by atoms with Gasteiger partial charge in [0.25, 0.3) is 5.95 Å². The Morgan fingerprint density at radius 2 is 2.08 bits per heavy atom. The lowest BCUT2D eigenvalue weighted by Gasteiger charge is -2.10. The quantitative estimate of drug-likeness (QED) is 0.503. The van der Waals surface area contributed by atoms with E-state index in [9.17, 15) is 23.3 Å². The van der Waals surface area contributed by atoms with E-state index in [0.29, 0.717) is 4.88 Å². The van der Waals surface area contributed by atoms with E-state index in [1.54, 1.807) is 17.5 Å². The highest BCUT2D eigenvalue weighted by Gasteiger charge is 2.35. The fourth-order valence-corrected chi connectivity index (χ4v) is 2.92. The van der Waals surface area contributed by atoms with E-state index in [0.717, 1.165) is 10.7 Å². The van der Waals surface area contributed by atoms with Gasteiger partial charge in [0.1, 0.15) is 5.69 Å². The molecule has 8 nitrogen and oxygen atoms in total. The largest absolute Gasteiger partial charge is 0.475 e. The fourth-order valence-electron chi connectivity index (χ4n) is 2.24. The minimum atomic E-state index is -4.72. The van der Waals surface area contributed by atoms with Crippen molar-refractivity contribution in [2.24, 2.45) is 0 Å². The Balaban J connectivity index is 2.25. The van der Waals surface area contributed by atoms with Crippen molar-refractivity contribution in [3.05, 3.63) is 45.1 Å². The summed E-state index contributed by atoms with van der Waals surface area (Å²) < 4.78 is 45.4. The normalized spacial score (nSPS) is 11.6. The van der Waals surface area contributed by atoms with Gasteiger partial charge in [0.15, 0.2) is 5.69 Å². The first-order valence-electron chi connectivity index (χ1n) is 7.01. The van der Waals surface area contributed by atoms with Crippen LogP contribution < -0.4 is 4.74 Å². The van der Waals surface area contributed by atoms with Gasteiger partial charge in [-0.25, -0.2) is 9.97 Å². The van der Waals surface area contributed by atoms with Crippen LogP contribution in [0.1, 0.15) is 11.4 Å². The molecule has 0 bridgehead atoms. The van der Waals surface area contributed by atoms with Gasteiger partial charge >= 0.3 is 17.7 Å². The standard InChI is InChI=1S/C14H10F3N5O3S/c1-7-11(22(23)24)12(25-2)20-21(7)13-18-8(9-4-3-5-26-9)6-10(19-13)14(15,16)17/h3-6H,1-2H3. The summed E-state index contributed by atoms with van der Waals surface area (Å²) in [4.78, 5) is 18.5. The molecule has 26 heavy (non-hydrogen) atoms. The second-order valence-corrected chi connectivity index (χ2v) is 5.97. The maximum absolute atomic E-state index is 13.2. The van der Waals surface area contributed by atoms with Gasteiger partial charge in [-0.3, -0.25) is 10.1 Å². The van der Waals surface area contributed by atoms with Crippen LogP contribution in [0, 0.1) is 17.0 Å². The van der Waals surface area contributed by atoms with Crippen molar-refractivity contribution in [2.45, 2.75) is 13.1 Å². The Morgan fingerprint density at radius 1 is 1.35 bits per heavy atom. The third kappa shape index (κ3) is 3.10. The van der Waals surface area contributed by atoms with E-state index in [1.165, 1.54) is 25.4 Å². The zero-order chi connectivity index (χ0) is 19.1. The summed E-state index contributed by atoms with van der Waals surface area (Å²) in [6.45, 7) is 1.32. The Morgan fingerprint density at radius 3 is 2.58 bits per heavy atom. The number of nitro groups is 1. The van der Waals surface area contributed by atoms with Gasteiger partial charge in [-0.2, -0.15) is 17.9 Å². The Hall–Kier alpha value is -3.02. The van der Waals surface area contributed by atoms with E-state index >= 15 is 0 Å². The van der Waals surface area contributed by atoms with Gasteiger partial charge in [0, 0.05) is 0 Å².